The Morgan fingerprint density at radius 2 is 2.21 bits per heavy atom. The molecule has 6 nitrogen and oxygen atoms in total. The summed E-state index contributed by atoms with van der Waals surface area (Å²) >= 11 is 0. The van der Waals surface area contributed by atoms with E-state index in [0.29, 0.717) is 18.5 Å². The van der Waals surface area contributed by atoms with Crippen molar-refractivity contribution in [2.45, 2.75) is 18.6 Å². The second kappa shape index (κ2) is 5.71. The van der Waals surface area contributed by atoms with Crippen molar-refractivity contribution in [3.05, 3.63) is 29.8 Å². The van der Waals surface area contributed by atoms with Crippen LogP contribution in [0.3, 0.4) is 0 Å². The lowest BCUT2D eigenvalue weighted by atomic mass is 10.2. The number of methoxy groups -OCH3 is 1. The Hall–Kier alpha value is -2.08. The van der Waals surface area contributed by atoms with Crippen molar-refractivity contribution in [2.24, 2.45) is 0 Å². The van der Waals surface area contributed by atoms with Crippen molar-refractivity contribution < 1.29 is 19.4 Å². The van der Waals surface area contributed by atoms with E-state index in [1.807, 2.05) is 0 Å². The Kier molecular flexibility index (Phi) is 4.01. The monoisotopic (exact) mass is 264 g/mol. The van der Waals surface area contributed by atoms with Crippen molar-refractivity contribution in [1.82, 2.24) is 5.32 Å². The van der Waals surface area contributed by atoms with Crippen molar-refractivity contribution in [1.29, 1.82) is 5.41 Å². The Balaban J connectivity index is 1.94. The molecule has 0 spiro atoms. The van der Waals surface area contributed by atoms with Gasteiger partial charge in [-0.25, -0.2) is 0 Å². The van der Waals surface area contributed by atoms with Gasteiger partial charge in [-0.2, -0.15) is 0 Å². The van der Waals surface area contributed by atoms with Crippen LogP contribution in [-0.2, 0) is 14.3 Å². The molecule has 1 fully saturated rings. The van der Waals surface area contributed by atoms with Gasteiger partial charge in [0.15, 0.2) is 0 Å². The molecule has 6 heteroatoms. The Morgan fingerprint density at radius 3 is 2.89 bits per heavy atom. The van der Waals surface area contributed by atoms with E-state index in [0.717, 1.165) is 0 Å². The third-order valence-corrected chi connectivity index (χ3v) is 3.01. The van der Waals surface area contributed by atoms with E-state index < -0.39 is 6.04 Å². The molecule has 0 aromatic heterocycles. The van der Waals surface area contributed by atoms with Gasteiger partial charge in [0, 0.05) is 13.0 Å². The number of phenols is 1. The van der Waals surface area contributed by atoms with Crippen LogP contribution in [0, 0.1) is 5.41 Å². The number of carbonyl (C=O) groups is 1. The summed E-state index contributed by atoms with van der Waals surface area (Å²) in [6, 6.07) is 6.11. The van der Waals surface area contributed by atoms with Crippen LogP contribution in [0.5, 0.6) is 5.75 Å². The molecule has 102 valence electrons. The van der Waals surface area contributed by atoms with Gasteiger partial charge in [0.25, 0.3) is 0 Å². The molecule has 0 amide bonds. The Labute approximate surface area is 110 Å². The third-order valence-electron chi connectivity index (χ3n) is 3.01. The maximum absolute atomic E-state index is 11.3. The zero-order valence-electron chi connectivity index (χ0n) is 10.6. The molecule has 0 aliphatic carbocycles. The molecule has 0 unspecified atom stereocenters. The molecule has 3 N–H and O–H groups in total. The number of ether oxygens (including phenoxy) is 2. The summed E-state index contributed by atoms with van der Waals surface area (Å²) in [6.45, 7) is 0.468. The van der Waals surface area contributed by atoms with E-state index in [1.54, 1.807) is 18.2 Å². The highest BCUT2D eigenvalue weighted by Gasteiger charge is 2.32. The van der Waals surface area contributed by atoms with E-state index in [4.69, 9.17) is 10.1 Å². The summed E-state index contributed by atoms with van der Waals surface area (Å²) in [7, 11) is 1.34. The molecule has 1 aliphatic heterocycles. The quantitative estimate of drug-likeness (QED) is 0.423. The highest BCUT2D eigenvalue weighted by atomic mass is 16.5. The molecule has 2 atom stereocenters. The average molecular weight is 264 g/mol. The summed E-state index contributed by atoms with van der Waals surface area (Å²) in [4.78, 5) is 11.3. The first-order valence-electron chi connectivity index (χ1n) is 5.96. The normalized spacial score (nSPS) is 21.9. The fourth-order valence-corrected chi connectivity index (χ4v) is 2.01. The maximum Gasteiger partial charge on any atom is 0.323 e. The predicted octanol–water partition coefficient (Wildman–Crippen LogP) is 0.638. The topological polar surface area (TPSA) is 91.6 Å². The summed E-state index contributed by atoms with van der Waals surface area (Å²) in [6.07, 6.45) is 0.166. The second-order valence-corrected chi connectivity index (χ2v) is 4.31. The van der Waals surface area contributed by atoms with Crippen molar-refractivity contribution in [2.75, 3.05) is 13.7 Å². The van der Waals surface area contributed by atoms with Gasteiger partial charge in [0.2, 0.25) is 5.90 Å². The van der Waals surface area contributed by atoms with Crippen LogP contribution in [0.15, 0.2) is 24.3 Å². The molecule has 19 heavy (non-hydrogen) atoms. The summed E-state index contributed by atoms with van der Waals surface area (Å²) in [5.74, 6) is -0.432. The average Bonchev–Trinajstić information content (AvgIpc) is 2.86. The number of benzene rings is 1. The highest BCUT2D eigenvalue weighted by Crippen LogP contribution is 2.19. The van der Waals surface area contributed by atoms with E-state index in [1.165, 1.54) is 13.2 Å². The van der Waals surface area contributed by atoms with Crippen LogP contribution < -0.4 is 5.32 Å². The highest BCUT2D eigenvalue weighted by molar-refractivity contribution is 5.94. The molecule has 1 aliphatic rings. The largest absolute Gasteiger partial charge is 0.507 e. The minimum Gasteiger partial charge on any atom is -0.507 e. The van der Waals surface area contributed by atoms with Crippen molar-refractivity contribution >= 4 is 11.9 Å². The molecule has 1 aromatic rings. The summed E-state index contributed by atoms with van der Waals surface area (Å²) < 4.78 is 10.1. The van der Waals surface area contributed by atoms with Gasteiger partial charge >= 0.3 is 5.97 Å². The van der Waals surface area contributed by atoms with E-state index in [-0.39, 0.29) is 23.7 Å². The van der Waals surface area contributed by atoms with Gasteiger partial charge in [-0.3, -0.25) is 10.2 Å². The van der Waals surface area contributed by atoms with Gasteiger partial charge in [-0.05, 0) is 12.1 Å². The standard InChI is InChI=1S/C13H16N2O4/c1-18-13(17)10-6-8(7-15-10)19-12(14)9-4-2-3-5-11(9)16/h2-5,8,10,14-16H,6-7H2,1H3/t8-,10+/m1/s1. The lowest BCUT2D eigenvalue weighted by Gasteiger charge is -2.14. The van der Waals surface area contributed by atoms with E-state index in [2.05, 4.69) is 10.1 Å². The smallest absolute Gasteiger partial charge is 0.323 e. The zero-order chi connectivity index (χ0) is 13.8. The number of hydrogen-bond acceptors (Lipinski definition) is 6. The van der Waals surface area contributed by atoms with Crippen molar-refractivity contribution in [3.8, 4) is 5.75 Å². The maximum atomic E-state index is 11.3. The number of carbonyl (C=O) groups excluding carboxylic acids is 1. The minimum atomic E-state index is -0.396. The van der Waals surface area contributed by atoms with Crippen LogP contribution in [0.1, 0.15) is 12.0 Å². The lowest BCUT2D eigenvalue weighted by molar-refractivity contribution is -0.142. The summed E-state index contributed by atoms with van der Waals surface area (Å²) in [5.41, 5.74) is 0.337. The molecule has 2 rings (SSSR count). The van der Waals surface area contributed by atoms with Gasteiger partial charge in [-0.1, -0.05) is 12.1 Å². The first kappa shape index (κ1) is 13.4. The number of nitrogens with one attached hydrogen (secondary N) is 2. The zero-order valence-corrected chi connectivity index (χ0v) is 10.6. The molecule has 0 bridgehead atoms. The van der Waals surface area contributed by atoms with Crippen LogP contribution in [0.25, 0.3) is 0 Å². The fraction of sp³-hybridized carbons (Fsp3) is 0.385. The van der Waals surface area contributed by atoms with E-state index >= 15 is 0 Å². The lowest BCUT2D eigenvalue weighted by Crippen LogP contribution is -2.31. The van der Waals surface area contributed by atoms with Crippen LogP contribution in [-0.4, -0.2) is 42.8 Å². The van der Waals surface area contributed by atoms with Crippen molar-refractivity contribution in [3.63, 3.8) is 0 Å². The molecule has 0 saturated carbocycles. The third kappa shape index (κ3) is 3.03. The molecular formula is C13H16N2O4. The second-order valence-electron chi connectivity index (χ2n) is 4.31. The minimum absolute atomic E-state index is 0.00275. The van der Waals surface area contributed by atoms with Gasteiger partial charge in [0.1, 0.15) is 17.9 Å². The van der Waals surface area contributed by atoms with Gasteiger partial charge in [-0.15, -0.1) is 0 Å². The number of hydrogen-bond donors (Lipinski definition) is 3. The predicted molar refractivity (Wildman–Crippen MR) is 68.2 cm³/mol. The van der Waals surface area contributed by atoms with Gasteiger partial charge in [0.05, 0.1) is 12.7 Å². The molecule has 1 heterocycles. The molecule has 1 aromatic carbocycles. The number of rotatable bonds is 3. The van der Waals surface area contributed by atoms with Crippen LogP contribution >= 0.6 is 0 Å². The van der Waals surface area contributed by atoms with Gasteiger partial charge < -0.3 is 19.9 Å². The Bertz CT molecular complexity index is 489. The van der Waals surface area contributed by atoms with Crippen LogP contribution in [0.2, 0.25) is 0 Å². The van der Waals surface area contributed by atoms with E-state index in [9.17, 15) is 9.90 Å². The SMILES string of the molecule is COC(=O)[C@@H]1C[C@@H](OC(=N)c2ccccc2O)CN1. The number of phenolic OH excluding ortho intramolecular Hbond substituents is 1. The molecular weight excluding hydrogens is 248 g/mol. The number of para-hydroxylation sites is 1. The number of esters is 1. The first-order chi connectivity index (χ1) is 9.11. The molecule has 0 radical (unpaired) electrons. The summed E-state index contributed by atoms with van der Waals surface area (Å²) in [5, 5.41) is 20.4. The first-order valence-corrected chi connectivity index (χ1v) is 5.96. The fourth-order valence-electron chi connectivity index (χ4n) is 2.01. The number of aromatic hydroxyl groups is 1. The molecule has 1 saturated heterocycles. The van der Waals surface area contributed by atoms with Crippen LogP contribution in [0.4, 0.5) is 0 Å². The Morgan fingerprint density at radius 1 is 1.47 bits per heavy atom.